The number of hydrogen-bond acceptors (Lipinski definition) is 4. The number of likely N-dealkylation sites (N-methyl/N-ethyl adjacent to an activating group) is 1. The molecule has 0 amide bonds. The van der Waals surface area contributed by atoms with Crippen molar-refractivity contribution >= 4 is 5.96 Å². The number of nitrogens with zero attached hydrogens (tertiary/aromatic N) is 2. The summed E-state index contributed by atoms with van der Waals surface area (Å²) in [5.74, 6) is 1.73. The van der Waals surface area contributed by atoms with E-state index in [1.54, 1.807) is 0 Å². The SMILES string of the molecule is CCNC(=NCc1ccccc1OCCN(C)C)NCC1(CCO)CCCCC1. The van der Waals surface area contributed by atoms with Crippen molar-refractivity contribution in [2.75, 3.05) is 46.9 Å². The number of aliphatic imine (C=N–C) groups is 1. The minimum absolute atomic E-state index is 0.191. The Balaban J connectivity index is 1.99. The molecule has 0 aromatic heterocycles. The third-order valence-electron chi connectivity index (χ3n) is 5.71. The van der Waals surface area contributed by atoms with E-state index in [9.17, 15) is 5.11 Å². The zero-order chi connectivity index (χ0) is 21.0. The van der Waals surface area contributed by atoms with Gasteiger partial charge < -0.3 is 25.4 Å². The second kappa shape index (κ2) is 12.7. The van der Waals surface area contributed by atoms with Crippen molar-refractivity contribution in [1.82, 2.24) is 15.5 Å². The number of rotatable bonds is 11. The van der Waals surface area contributed by atoms with Gasteiger partial charge in [0.05, 0.1) is 6.54 Å². The molecule has 0 atom stereocenters. The smallest absolute Gasteiger partial charge is 0.191 e. The van der Waals surface area contributed by atoms with Gasteiger partial charge in [0.2, 0.25) is 0 Å². The zero-order valence-corrected chi connectivity index (χ0v) is 18.5. The lowest BCUT2D eigenvalue weighted by Gasteiger charge is -2.37. The van der Waals surface area contributed by atoms with Gasteiger partial charge in [-0.15, -0.1) is 0 Å². The van der Waals surface area contributed by atoms with Gasteiger partial charge in [0, 0.05) is 31.8 Å². The minimum atomic E-state index is 0.191. The monoisotopic (exact) mass is 404 g/mol. The van der Waals surface area contributed by atoms with Crippen LogP contribution in [0.1, 0.15) is 51.0 Å². The highest BCUT2D eigenvalue weighted by atomic mass is 16.5. The molecule has 1 aliphatic carbocycles. The highest BCUT2D eigenvalue weighted by molar-refractivity contribution is 5.79. The second-order valence-corrected chi connectivity index (χ2v) is 8.34. The fourth-order valence-electron chi connectivity index (χ4n) is 3.94. The Labute approximate surface area is 176 Å². The van der Waals surface area contributed by atoms with Crippen molar-refractivity contribution in [2.45, 2.75) is 52.0 Å². The number of nitrogens with one attached hydrogen (secondary N) is 2. The Hall–Kier alpha value is -1.79. The number of guanidine groups is 1. The number of aliphatic hydroxyl groups excluding tert-OH is 1. The first-order valence-electron chi connectivity index (χ1n) is 11.1. The lowest BCUT2D eigenvalue weighted by atomic mass is 9.72. The Morgan fingerprint density at radius 2 is 1.93 bits per heavy atom. The lowest BCUT2D eigenvalue weighted by Crippen LogP contribution is -2.44. The van der Waals surface area contributed by atoms with Crippen LogP contribution in [-0.2, 0) is 6.54 Å². The molecule has 6 heteroatoms. The van der Waals surface area contributed by atoms with Crippen molar-refractivity contribution in [3.8, 4) is 5.75 Å². The van der Waals surface area contributed by atoms with E-state index in [2.05, 4.69) is 28.5 Å². The molecule has 0 heterocycles. The summed E-state index contributed by atoms with van der Waals surface area (Å²) in [6, 6.07) is 8.12. The predicted octanol–water partition coefficient (Wildman–Crippen LogP) is 3.02. The maximum Gasteiger partial charge on any atom is 0.191 e. The molecule has 0 saturated heterocycles. The topological polar surface area (TPSA) is 69.1 Å². The number of ether oxygens (including phenoxy) is 1. The van der Waals surface area contributed by atoms with Crippen LogP contribution in [-0.4, -0.2) is 62.9 Å². The molecule has 3 N–H and O–H groups in total. The Morgan fingerprint density at radius 3 is 2.62 bits per heavy atom. The summed E-state index contributed by atoms with van der Waals surface area (Å²) in [6.07, 6.45) is 7.05. The largest absolute Gasteiger partial charge is 0.492 e. The summed E-state index contributed by atoms with van der Waals surface area (Å²) in [7, 11) is 4.09. The number of para-hydroxylation sites is 1. The average Bonchev–Trinajstić information content (AvgIpc) is 2.72. The number of aliphatic hydroxyl groups is 1. The van der Waals surface area contributed by atoms with Gasteiger partial charge in [-0.05, 0) is 51.8 Å². The lowest BCUT2D eigenvalue weighted by molar-refractivity contribution is 0.131. The van der Waals surface area contributed by atoms with Gasteiger partial charge in [-0.25, -0.2) is 4.99 Å². The predicted molar refractivity (Wildman–Crippen MR) is 121 cm³/mol. The minimum Gasteiger partial charge on any atom is -0.492 e. The highest BCUT2D eigenvalue weighted by Gasteiger charge is 2.31. The van der Waals surface area contributed by atoms with Crippen molar-refractivity contribution in [3.05, 3.63) is 29.8 Å². The van der Waals surface area contributed by atoms with E-state index in [4.69, 9.17) is 9.73 Å². The van der Waals surface area contributed by atoms with Crippen LogP contribution in [0.15, 0.2) is 29.3 Å². The summed E-state index contributed by atoms with van der Waals surface area (Å²) >= 11 is 0. The van der Waals surface area contributed by atoms with E-state index in [0.29, 0.717) is 13.2 Å². The van der Waals surface area contributed by atoms with E-state index < -0.39 is 0 Å². The highest BCUT2D eigenvalue weighted by Crippen LogP contribution is 2.38. The molecular formula is C23H40N4O2. The fraction of sp³-hybridized carbons (Fsp3) is 0.696. The maximum absolute atomic E-state index is 9.55. The molecule has 2 rings (SSSR count). The Kier molecular flexibility index (Phi) is 10.3. The van der Waals surface area contributed by atoms with E-state index in [1.165, 1.54) is 32.1 Å². The molecule has 0 bridgehead atoms. The molecule has 1 aromatic rings. The molecule has 164 valence electrons. The molecule has 0 aliphatic heterocycles. The molecule has 1 fully saturated rings. The van der Waals surface area contributed by atoms with Crippen LogP contribution >= 0.6 is 0 Å². The average molecular weight is 405 g/mol. The third kappa shape index (κ3) is 8.23. The third-order valence-corrected chi connectivity index (χ3v) is 5.71. The van der Waals surface area contributed by atoms with Crippen LogP contribution in [0.25, 0.3) is 0 Å². The van der Waals surface area contributed by atoms with E-state index >= 15 is 0 Å². The maximum atomic E-state index is 9.55. The van der Waals surface area contributed by atoms with Gasteiger partial charge in [-0.2, -0.15) is 0 Å². The van der Waals surface area contributed by atoms with Crippen LogP contribution in [0.2, 0.25) is 0 Å². The second-order valence-electron chi connectivity index (χ2n) is 8.34. The quantitative estimate of drug-likeness (QED) is 0.391. The first-order valence-corrected chi connectivity index (χ1v) is 11.1. The Bertz CT molecular complexity index is 607. The summed E-state index contributed by atoms with van der Waals surface area (Å²) < 4.78 is 5.96. The summed E-state index contributed by atoms with van der Waals surface area (Å²) in [6.45, 7) is 6.14. The molecule has 1 aromatic carbocycles. The molecule has 29 heavy (non-hydrogen) atoms. The van der Waals surface area contributed by atoms with Crippen LogP contribution in [0, 0.1) is 5.41 Å². The Morgan fingerprint density at radius 1 is 1.17 bits per heavy atom. The zero-order valence-electron chi connectivity index (χ0n) is 18.5. The van der Waals surface area contributed by atoms with E-state index in [1.807, 2.05) is 32.3 Å². The molecule has 0 spiro atoms. The van der Waals surface area contributed by atoms with Crippen molar-refractivity contribution in [2.24, 2.45) is 10.4 Å². The van der Waals surface area contributed by atoms with Crippen molar-refractivity contribution < 1.29 is 9.84 Å². The number of hydrogen-bond donors (Lipinski definition) is 3. The van der Waals surface area contributed by atoms with Gasteiger partial charge in [-0.1, -0.05) is 37.5 Å². The van der Waals surface area contributed by atoms with Gasteiger partial charge >= 0.3 is 0 Å². The standard InChI is InChI=1S/C23H40N4O2/c1-4-24-22(26-19-23(14-16-28)12-8-5-9-13-23)25-18-20-10-6-7-11-21(20)29-17-15-27(2)3/h6-7,10-11,28H,4-5,8-9,12-19H2,1-3H3,(H2,24,25,26). The van der Waals surface area contributed by atoms with Crippen LogP contribution in [0.4, 0.5) is 0 Å². The van der Waals surface area contributed by atoms with Crippen molar-refractivity contribution in [1.29, 1.82) is 0 Å². The van der Waals surface area contributed by atoms with Crippen LogP contribution in [0.5, 0.6) is 5.75 Å². The van der Waals surface area contributed by atoms with Crippen LogP contribution in [0.3, 0.4) is 0 Å². The number of benzene rings is 1. The summed E-state index contributed by atoms with van der Waals surface area (Å²) in [5.41, 5.74) is 1.28. The van der Waals surface area contributed by atoms with Gasteiger partial charge in [0.1, 0.15) is 12.4 Å². The summed E-state index contributed by atoms with van der Waals surface area (Å²) in [4.78, 5) is 6.92. The molecule has 1 saturated carbocycles. The summed E-state index contributed by atoms with van der Waals surface area (Å²) in [5, 5.41) is 16.5. The normalized spacial score (nSPS) is 16.7. The van der Waals surface area contributed by atoms with Crippen LogP contribution < -0.4 is 15.4 Å². The van der Waals surface area contributed by atoms with Gasteiger partial charge in [0.15, 0.2) is 5.96 Å². The molecule has 0 unspecified atom stereocenters. The van der Waals surface area contributed by atoms with E-state index in [-0.39, 0.29) is 12.0 Å². The molecular weight excluding hydrogens is 364 g/mol. The molecule has 1 aliphatic rings. The first-order chi connectivity index (χ1) is 14.1. The van der Waals surface area contributed by atoms with Gasteiger partial charge in [0.25, 0.3) is 0 Å². The fourth-order valence-corrected chi connectivity index (χ4v) is 3.94. The molecule has 0 radical (unpaired) electrons. The van der Waals surface area contributed by atoms with Crippen molar-refractivity contribution in [3.63, 3.8) is 0 Å². The van der Waals surface area contributed by atoms with Gasteiger partial charge in [-0.3, -0.25) is 0 Å². The molecule has 6 nitrogen and oxygen atoms in total. The first kappa shape index (κ1) is 23.5. The van der Waals surface area contributed by atoms with E-state index in [0.717, 1.165) is 43.3 Å².